The van der Waals surface area contributed by atoms with Crippen LogP contribution < -0.4 is 5.32 Å². The first-order chi connectivity index (χ1) is 9.49. The largest absolute Gasteiger partial charge is 0.479 e. The van der Waals surface area contributed by atoms with E-state index < -0.39 is 12.1 Å². The van der Waals surface area contributed by atoms with Gasteiger partial charge in [-0.15, -0.1) is 0 Å². The molecule has 0 saturated carbocycles. The van der Waals surface area contributed by atoms with Crippen molar-refractivity contribution >= 4 is 45.2 Å². The van der Waals surface area contributed by atoms with E-state index >= 15 is 0 Å². The van der Waals surface area contributed by atoms with Crippen LogP contribution in [0.25, 0.3) is 0 Å². The van der Waals surface area contributed by atoms with Crippen molar-refractivity contribution in [1.82, 2.24) is 4.90 Å². The maximum Gasteiger partial charge on any atom is 0.334 e. The fraction of sp³-hybridized carbons (Fsp3) is 0.333. The molecule has 0 radical (unpaired) electrons. The summed E-state index contributed by atoms with van der Waals surface area (Å²) in [5.74, 6) is -1.08. The summed E-state index contributed by atoms with van der Waals surface area (Å²) in [4.78, 5) is 24.4. The minimum Gasteiger partial charge on any atom is -0.479 e. The van der Waals surface area contributed by atoms with E-state index in [1.54, 1.807) is 18.2 Å². The summed E-state index contributed by atoms with van der Waals surface area (Å²) in [6, 6.07) is 4.71. The van der Waals surface area contributed by atoms with Gasteiger partial charge in [-0.1, -0.05) is 17.7 Å². The molecule has 0 aromatic heterocycles. The van der Waals surface area contributed by atoms with Gasteiger partial charge in [0.25, 0.3) is 0 Å². The van der Waals surface area contributed by atoms with Gasteiger partial charge in [0.1, 0.15) is 0 Å². The van der Waals surface area contributed by atoms with Crippen LogP contribution >= 0.6 is 27.5 Å². The lowest BCUT2D eigenvalue weighted by atomic mass is 10.3. The molecule has 1 fully saturated rings. The Balaban J connectivity index is 2.04. The Labute approximate surface area is 128 Å². The number of rotatable bonds is 2. The van der Waals surface area contributed by atoms with Crippen LogP contribution in [0.2, 0.25) is 5.02 Å². The topological polar surface area (TPSA) is 78.9 Å². The number of hydrogen-bond donors (Lipinski definition) is 2. The van der Waals surface area contributed by atoms with Crippen LogP contribution in [-0.2, 0) is 9.53 Å². The van der Waals surface area contributed by atoms with Gasteiger partial charge >= 0.3 is 12.0 Å². The maximum absolute atomic E-state index is 12.1. The number of amides is 2. The number of urea groups is 1. The predicted octanol–water partition coefficient (Wildman–Crippen LogP) is 2.42. The van der Waals surface area contributed by atoms with Gasteiger partial charge in [0.05, 0.1) is 28.3 Å². The number of carboxylic acids is 1. The van der Waals surface area contributed by atoms with Crippen LogP contribution in [0, 0.1) is 0 Å². The van der Waals surface area contributed by atoms with Gasteiger partial charge in [0.15, 0.2) is 6.10 Å². The zero-order valence-corrected chi connectivity index (χ0v) is 12.6. The van der Waals surface area contributed by atoms with Crippen molar-refractivity contribution in [2.24, 2.45) is 0 Å². The summed E-state index contributed by atoms with van der Waals surface area (Å²) in [5.41, 5.74) is 0.529. The highest BCUT2D eigenvalue weighted by molar-refractivity contribution is 9.10. The van der Waals surface area contributed by atoms with Crippen molar-refractivity contribution in [3.8, 4) is 0 Å². The van der Waals surface area contributed by atoms with E-state index in [2.05, 4.69) is 21.2 Å². The molecule has 1 aromatic carbocycles. The highest BCUT2D eigenvalue weighted by atomic mass is 79.9. The summed E-state index contributed by atoms with van der Waals surface area (Å²) < 4.78 is 5.64. The number of ether oxygens (including phenoxy) is 1. The van der Waals surface area contributed by atoms with Crippen LogP contribution in [0.1, 0.15) is 0 Å². The van der Waals surface area contributed by atoms with E-state index in [-0.39, 0.29) is 19.2 Å². The third kappa shape index (κ3) is 3.41. The number of benzene rings is 1. The fourth-order valence-corrected chi connectivity index (χ4v) is 2.32. The molecule has 0 aliphatic carbocycles. The molecule has 1 atom stereocenters. The number of aliphatic carboxylic acids is 1. The first-order valence-electron chi connectivity index (χ1n) is 5.83. The summed E-state index contributed by atoms with van der Waals surface area (Å²) in [6.07, 6.45) is -0.989. The summed E-state index contributed by atoms with van der Waals surface area (Å²) >= 11 is 9.22. The summed E-state index contributed by atoms with van der Waals surface area (Å²) in [6.45, 7) is 0.550. The van der Waals surface area contributed by atoms with Gasteiger partial charge in [-0.05, 0) is 28.1 Å². The Hall–Kier alpha value is -1.31. The molecule has 1 aromatic rings. The molecule has 2 amide bonds. The molecule has 20 heavy (non-hydrogen) atoms. The molecule has 1 saturated heterocycles. The second-order valence-electron chi connectivity index (χ2n) is 4.18. The van der Waals surface area contributed by atoms with Gasteiger partial charge in [-0.3, -0.25) is 0 Å². The molecule has 6 nitrogen and oxygen atoms in total. The molecule has 108 valence electrons. The van der Waals surface area contributed by atoms with Gasteiger partial charge in [0, 0.05) is 6.54 Å². The van der Waals surface area contributed by atoms with Crippen molar-refractivity contribution in [1.29, 1.82) is 0 Å². The smallest absolute Gasteiger partial charge is 0.334 e. The monoisotopic (exact) mass is 362 g/mol. The van der Waals surface area contributed by atoms with Crippen LogP contribution in [0.4, 0.5) is 10.5 Å². The first-order valence-corrected chi connectivity index (χ1v) is 7.00. The number of morpholine rings is 1. The molecule has 1 aliphatic rings. The number of carbonyl (C=O) groups is 2. The highest BCUT2D eigenvalue weighted by Gasteiger charge is 2.29. The van der Waals surface area contributed by atoms with Gasteiger partial charge in [-0.2, -0.15) is 0 Å². The SMILES string of the molecule is O=C(O)C1CN(C(=O)Nc2cccc(Cl)c2Br)CCO1. The standard InChI is InChI=1S/C12H12BrClN2O4/c13-10-7(14)2-1-3-8(10)15-12(19)16-4-5-20-9(6-16)11(17)18/h1-3,9H,4-6H2,(H,15,19)(H,17,18). The van der Waals surface area contributed by atoms with Crippen LogP contribution in [0.3, 0.4) is 0 Å². The molecule has 0 bridgehead atoms. The van der Waals surface area contributed by atoms with E-state index in [0.717, 1.165) is 0 Å². The number of halogens is 2. The van der Waals surface area contributed by atoms with Crippen LogP contribution in [0.15, 0.2) is 22.7 Å². The summed E-state index contributed by atoms with van der Waals surface area (Å²) in [7, 11) is 0. The van der Waals surface area contributed by atoms with Crippen LogP contribution in [0.5, 0.6) is 0 Å². The number of hydrogen-bond acceptors (Lipinski definition) is 3. The van der Waals surface area contributed by atoms with Crippen molar-refractivity contribution < 1.29 is 19.4 Å². The van der Waals surface area contributed by atoms with Crippen molar-refractivity contribution in [2.75, 3.05) is 25.0 Å². The molecule has 1 aliphatic heterocycles. The predicted molar refractivity (Wildman–Crippen MR) is 77.1 cm³/mol. The zero-order chi connectivity index (χ0) is 14.7. The molecule has 2 N–H and O–H groups in total. The molecule has 8 heteroatoms. The van der Waals surface area contributed by atoms with E-state index in [1.165, 1.54) is 4.90 Å². The van der Waals surface area contributed by atoms with E-state index in [9.17, 15) is 9.59 Å². The Kier molecular flexibility index (Phi) is 4.85. The molecular weight excluding hydrogens is 351 g/mol. The second kappa shape index (κ2) is 6.43. The third-order valence-electron chi connectivity index (χ3n) is 2.82. The number of anilines is 1. The molecular formula is C12H12BrClN2O4. The molecule has 2 rings (SSSR count). The number of nitrogens with one attached hydrogen (secondary N) is 1. The van der Waals surface area contributed by atoms with Crippen LogP contribution in [-0.4, -0.2) is 47.8 Å². The van der Waals surface area contributed by atoms with Crippen molar-refractivity contribution in [3.63, 3.8) is 0 Å². The van der Waals surface area contributed by atoms with E-state index in [0.29, 0.717) is 21.7 Å². The second-order valence-corrected chi connectivity index (χ2v) is 5.38. The van der Waals surface area contributed by atoms with Crippen molar-refractivity contribution in [2.45, 2.75) is 6.10 Å². The average Bonchev–Trinajstić information content (AvgIpc) is 2.44. The lowest BCUT2D eigenvalue weighted by Gasteiger charge is -2.31. The number of carboxylic acid groups (broad SMARTS) is 1. The number of nitrogens with zero attached hydrogens (tertiary/aromatic N) is 1. The Morgan fingerprint density at radius 3 is 2.95 bits per heavy atom. The van der Waals surface area contributed by atoms with Gasteiger partial charge in [-0.25, -0.2) is 9.59 Å². The quantitative estimate of drug-likeness (QED) is 0.846. The Morgan fingerprint density at radius 2 is 2.25 bits per heavy atom. The van der Waals surface area contributed by atoms with Crippen molar-refractivity contribution in [3.05, 3.63) is 27.7 Å². The molecule has 1 unspecified atom stereocenters. The molecule has 0 spiro atoms. The van der Waals surface area contributed by atoms with E-state index in [1.807, 2.05) is 0 Å². The number of carbonyl (C=O) groups excluding carboxylic acids is 1. The average molecular weight is 364 g/mol. The van der Waals surface area contributed by atoms with Gasteiger partial charge < -0.3 is 20.1 Å². The minimum atomic E-state index is -1.08. The highest BCUT2D eigenvalue weighted by Crippen LogP contribution is 2.30. The zero-order valence-electron chi connectivity index (χ0n) is 10.3. The Morgan fingerprint density at radius 1 is 1.50 bits per heavy atom. The third-order valence-corrected chi connectivity index (χ3v) is 4.22. The minimum absolute atomic E-state index is 0.0132. The normalized spacial score (nSPS) is 18.7. The first kappa shape index (κ1) is 15.1. The fourth-order valence-electron chi connectivity index (χ4n) is 1.78. The Bertz CT molecular complexity index is 540. The van der Waals surface area contributed by atoms with E-state index in [4.69, 9.17) is 21.4 Å². The lowest BCUT2D eigenvalue weighted by Crippen LogP contribution is -2.49. The van der Waals surface area contributed by atoms with Gasteiger partial charge in [0.2, 0.25) is 0 Å². The summed E-state index contributed by atoms with van der Waals surface area (Å²) in [5, 5.41) is 12.1. The maximum atomic E-state index is 12.1. The lowest BCUT2D eigenvalue weighted by molar-refractivity contribution is -0.154. The molecule has 1 heterocycles.